The molecule has 2 rings (SSSR count). The first-order chi connectivity index (χ1) is 9.61. The fraction of sp³-hybridized carbons (Fsp3) is 0.250. The van der Waals surface area contributed by atoms with Crippen LogP contribution in [0.5, 0.6) is 0 Å². The predicted octanol–water partition coefficient (Wildman–Crippen LogP) is 4.27. The molecule has 4 heteroatoms. The van der Waals surface area contributed by atoms with Gasteiger partial charge in [-0.05, 0) is 58.7 Å². The Kier molecular flexibility index (Phi) is 5.26. The minimum atomic E-state index is -0.273. The molecule has 0 aliphatic carbocycles. The summed E-state index contributed by atoms with van der Waals surface area (Å²) in [4.78, 5) is 0. The fourth-order valence-electron chi connectivity index (χ4n) is 2.29. The van der Waals surface area contributed by atoms with Crippen molar-refractivity contribution in [3.63, 3.8) is 0 Å². The molecule has 0 fully saturated rings. The number of nitrogens with one attached hydrogen (secondary N) is 1. The Labute approximate surface area is 126 Å². The highest BCUT2D eigenvalue weighted by molar-refractivity contribution is 9.10. The molecule has 0 radical (unpaired) electrons. The number of hydrogen-bond donors (Lipinski definition) is 1. The zero-order chi connectivity index (χ0) is 14.5. The third-order valence-electron chi connectivity index (χ3n) is 3.27. The molecule has 1 N–H and O–H groups in total. The Morgan fingerprint density at radius 1 is 1.15 bits per heavy atom. The summed E-state index contributed by atoms with van der Waals surface area (Å²) in [6.45, 7) is 0.701. The summed E-state index contributed by atoms with van der Waals surface area (Å²) in [6.07, 6.45) is 0.642. The first-order valence-corrected chi connectivity index (χ1v) is 7.24. The second-order valence-corrected chi connectivity index (χ2v) is 5.52. The molecule has 0 spiro atoms. The number of benzene rings is 2. The van der Waals surface area contributed by atoms with Gasteiger partial charge in [0.15, 0.2) is 0 Å². The Hall–Kier alpha value is -1.26. The third kappa shape index (κ3) is 3.64. The van der Waals surface area contributed by atoms with Crippen LogP contribution in [-0.2, 0) is 6.42 Å². The monoisotopic (exact) mass is 339 g/mol. The van der Waals surface area contributed by atoms with Crippen molar-refractivity contribution >= 4 is 15.9 Å². The van der Waals surface area contributed by atoms with E-state index in [0.717, 1.165) is 11.1 Å². The number of halogens is 3. The minimum absolute atomic E-state index is 0.0915. The lowest BCUT2D eigenvalue weighted by Gasteiger charge is -2.18. The molecule has 0 amide bonds. The van der Waals surface area contributed by atoms with E-state index >= 15 is 0 Å². The summed E-state index contributed by atoms with van der Waals surface area (Å²) in [6, 6.07) is 11.6. The van der Waals surface area contributed by atoms with Crippen molar-refractivity contribution in [1.29, 1.82) is 0 Å². The topological polar surface area (TPSA) is 12.0 Å². The zero-order valence-electron chi connectivity index (χ0n) is 11.2. The van der Waals surface area contributed by atoms with Crippen LogP contribution >= 0.6 is 15.9 Å². The van der Waals surface area contributed by atoms with Gasteiger partial charge in [0, 0.05) is 12.5 Å². The van der Waals surface area contributed by atoms with Gasteiger partial charge >= 0.3 is 0 Å². The molecule has 0 bridgehead atoms. The molecule has 0 saturated carbocycles. The van der Waals surface area contributed by atoms with Crippen molar-refractivity contribution in [2.24, 2.45) is 0 Å². The van der Waals surface area contributed by atoms with Gasteiger partial charge in [-0.25, -0.2) is 8.78 Å². The Bertz CT molecular complexity index is 586. The summed E-state index contributed by atoms with van der Waals surface area (Å²) in [5.41, 5.74) is 1.80. The summed E-state index contributed by atoms with van der Waals surface area (Å²) in [7, 11) is 1.85. The number of likely N-dealkylation sites (N-methyl/N-ethyl adjacent to an activating group) is 1. The van der Waals surface area contributed by atoms with Crippen molar-refractivity contribution in [1.82, 2.24) is 5.32 Å². The van der Waals surface area contributed by atoms with Crippen LogP contribution < -0.4 is 5.32 Å². The van der Waals surface area contributed by atoms with Gasteiger partial charge in [0.25, 0.3) is 0 Å². The van der Waals surface area contributed by atoms with Gasteiger partial charge < -0.3 is 5.32 Å². The highest BCUT2D eigenvalue weighted by Crippen LogP contribution is 2.27. The van der Waals surface area contributed by atoms with E-state index in [1.807, 2.05) is 19.2 Å². The lowest BCUT2D eigenvalue weighted by atomic mass is 9.92. The molecule has 1 atom stereocenters. The second-order valence-electron chi connectivity index (χ2n) is 4.73. The van der Waals surface area contributed by atoms with Gasteiger partial charge in [-0.2, -0.15) is 0 Å². The van der Waals surface area contributed by atoms with Crippen LogP contribution in [0.3, 0.4) is 0 Å². The normalized spacial score (nSPS) is 12.4. The maximum absolute atomic E-state index is 13.6. The molecular formula is C16H16BrF2N. The lowest BCUT2D eigenvalue weighted by molar-refractivity contribution is 0.591. The van der Waals surface area contributed by atoms with E-state index in [9.17, 15) is 8.78 Å². The number of hydrogen-bond acceptors (Lipinski definition) is 1. The van der Waals surface area contributed by atoms with E-state index in [4.69, 9.17) is 0 Å². The van der Waals surface area contributed by atoms with E-state index in [1.165, 1.54) is 18.2 Å². The molecular weight excluding hydrogens is 324 g/mol. The maximum Gasteiger partial charge on any atom is 0.137 e. The van der Waals surface area contributed by atoms with Gasteiger partial charge in [0.05, 0.1) is 4.47 Å². The van der Waals surface area contributed by atoms with Crippen LogP contribution in [0.4, 0.5) is 8.78 Å². The van der Waals surface area contributed by atoms with E-state index in [-0.39, 0.29) is 17.6 Å². The summed E-state index contributed by atoms with van der Waals surface area (Å²) in [5, 5.41) is 3.11. The minimum Gasteiger partial charge on any atom is -0.319 e. The van der Waals surface area contributed by atoms with E-state index in [1.54, 1.807) is 12.1 Å². The summed E-state index contributed by atoms with van der Waals surface area (Å²) >= 11 is 3.28. The second kappa shape index (κ2) is 6.95. The van der Waals surface area contributed by atoms with E-state index < -0.39 is 0 Å². The SMILES string of the molecule is CNCC(Cc1cccc(F)c1Br)c1cccc(F)c1. The lowest BCUT2D eigenvalue weighted by Crippen LogP contribution is -2.19. The average Bonchev–Trinajstić information content (AvgIpc) is 2.43. The molecule has 20 heavy (non-hydrogen) atoms. The molecule has 0 aliphatic rings. The molecule has 0 heterocycles. The maximum atomic E-state index is 13.6. The van der Waals surface area contributed by atoms with Crippen molar-refractivity contribution in [2.75, 3.05) is 13.6 Å². The molecule has 2 aromatic rings. The van der Waals surface area contributed by atoms with Gasteiger partial charge in [-0.3, -0.25) is 0 Å². The number of rotatable bonds is 5. The van der Waals surface area contributed by atoms with Gasteiger partial charge in [-0.15, -0.1) is 0 Å². The van der Waals surface area contributed by atoms with Gasteiger partial charge in [0.2, 0.25) is 0 Å². The van der Waals surface area contributed by atoms with Crippen LogP contribution in [0.1, 0.15) is 17.0 Å². The summed E-state index contributed by atoms with van der Waals surface area (Å²) in [5.74, 6) is -0.430. The van der Waals surface area contributed by atoms with E-state index in [0.29, 0.717) is 17.4 Å². The van der Waals surface area contributed by atoms with E-state index in [2.05, 4.69) is 21.2 Å². The molecule has 0 aliphatic heterocycles. The Balaban J connectivity index is 2.28. The van der Waals surface area contributed by atoms with Crippen LogP contribution in [0, 0.1) is 11.6 Å². The van der Waals surface area contributed by atoms with Crippen molar-refractivity contribution in [2.45, 2.75) is 12.3 Å². The third-order valence-corrected chi connectivity index (χ3v) is 4.16. The Morgan fingerprint density at radius 2 is 1.90 bits per heavy atom. The molecule has 0 saturated heterocycles. The molecule has 106 valence electrons. The fourth-order valence-corrected chi connectivity index (χ4v) is 2.71. The highest BCUT2D eigenvalue weighted by Gasteiger charge is 2.15. The first kappa shape index (κ1) is 15.1. The molecule has 1 unspecified atom stereocenters. The summed E-state index contributed by atoms with van der Waals surface area (Å²) < 4.78 is 27.4. The van der Waals surface area contributed by atoms with Crippen molar-refractivity contribution < 1.29 is 8.78 Å². The van der Waals surface area contributed by atoms with Gasteiger partial charge in [-0.1, -0.05) is 24.3 Å². The molecule has 1 nitrogen and oxygen atoms in total. The largest absolute Gasteiger partial charge is 0.319 e. The van der Waals surface area contributed by atoms with Crippen molar-refractivity contribution in [3.8, 4) is 0 Å². The standard InChI is InChI=1S/C16H16BrF2N/c1-20-10-13(11-4-2-6-14(18)9-11)8-12-5-3-7-15(19)16(12)17/h2-7,9,13,20H,8,10H2,1H3. The predicted molar refractivity (Wildman–Crippen MR) is 80.9 cm³/mol. The average molecular weight is 340 g/mol. The van der Waals surface area contributed by atoms with Crippen LogP contribution in [0.15, 0.2) is 46.9 Å². The zero-order valence-corrected chi connectivity index (χ0v) is 12.8. The molecule has 2 aromatic carbocycles. The van der Waals surface area contributed by atoms with Crippen LogP contribution in [0.25, 0.3) is 0 Å². The first-order valence-electron chi connectivity index (χ1n) is 6.44. The van der Waals surface area contributed by atoms with Crippen molar-refractivity contribution in [3.05, 3.63) is 69.7 Å². The van der Waals surface area contributed by atoms with Crippen LogP contribution in [0.2, 0.25) is 0 Å². The molecule has 0 aromatic heterocycles. The van der Waals surface area contributed by atoms with Crippen LogP contribution in [-0.4, -0.2) is 13.6 Å². The highest BCUT2D eigenvalue weighted by atomic mass is 79.9. The smallest absolute Gasteiger partial charge is 0.137 e. The quantitative estimate of drug-likeness (QED) is 0.857. The van der Waals surface area contributed by atoms with Gasteiger partial charge in [0.1, 0.15) is 11.6 Å². The Morgan fingerprint density at radius 3 is 2.60 bits per heavy atom.